The van der Waals surface area contributed by atoms with Crippen molar-refractivity contribution in [2.45, 2.75) is 6.30 Å². The molecule has 0 aliphatic carbocycles. The molecule has 3 heteroatoms. The molecule has 1 fully saturated rings. The smallest absolute Gasteiger partial charge is 0.195 e. The van der Waals surface area contributed by atoms with E-state index in [2.05, 4.69) is 0 Å². The van der Waals surface area contributed by atoms with Crippen molar-refractivity contribution < 1.29 is 8.87 Å². The molecule has 1 aliphatic rings. The molecule has 0 aromatic rings. The molecule has 0 aromatic heterocycles. The third-order valence-electron chi connectivity index (χ3n) is 0.495. The third kappa shape index (κ3) is 0.374. The van der Waals surface area contributed by atoms with Gasteiger partial charge in [0.05, 0.1) is 6.54 Å². The van der Waals surface area contributed by atoms with Crippen molar-refractivity contribution in [2.75, 3.05) is 6.54 Å². The van der Waals surface area contributed by atoms with Crippen LogP contribution in [0.5, 0.6) is 0 Å². The zero-order valence-corrected chi connectivity index (χ0v) is 2.49. The van der Waals surface area contributed by atoms with Crippen LogP contribution in [0.1, 0.15) is 0 Å². The fourth-order valence-electron chi connectivity index (χ4n) is 0.0968. The molecule has 1 nitrogen and oxygen atoms in total. The zero-order valence-electron chi connectivity index (χ0n) is 2.49. The molecule has 1 aliphatic heterocycles. The molecule has 5 heavy (non-hydrogen) atoms. The van der Waals surface area contributed by atoms with Crippen LogP contribution in [0.25, 0.3) is 0 Å². The molecule has 0 radical (unpaired) electrons. The Kier molecular flexibility index (Phi) is 0.395. The number of hydrogen-bond acceptors (Lipinski definition) is 1. The Labute approximate surface area is 28.1 Å². The van der Waals surface area contributed by atoms with Gasteiger partial charge in [-0.15, -0.1) is 9.60 Å². The van der Waals surface area contributed by atoms with Crippen LogP contribution in [0, 0.1) is 0 Å². The van der Waals surface area contributed by atoms with Crippen LogP contribution in [0.4, 0.5) is 8.87 Å². The Bertz CT molecular complexity index is 40.9. The monoisotopic (exact) mass is 79.0 g/mol. The van der Waals surface area contributed by atoms with Crippen LogP contribution < -0.4 is 0 Å². The van der Waals surface area contributed by atoms with E-state index in [1.165, 1.54) is 0 Å². The van der Waals surface area contributed by atoms with Crippen LogP contribution in [-0.2, 0) is 0 Å². The van der Waals surface area contributed by atoms with Gasteiger partial charge in [-0.05, 0) is 0 Å². The van der Waals surface area contributed by atoms with Gasteiger partial charge in [0.1, 0.15) is 0 Å². The van der Waals surface area contributed by atoms with E-state index < -0.39 is 6.30 Å². The second-order valence-electron chi connectivity index (χ2n) is 1.02. The first-order chi connectivity index (χ1) is 2.30. The van der Waals surface area contributed by atoms with Gasteiger partial charge < -0.3 is 0 Å². The minimum Gasteiger partial charge on any atom is -0.226 e. The van der Waals surface area contributed by atoms with E-state index in [9.17, 15) is 8.87 Å². The lowest BCUT2D eigenvalue weighted by molar-refractivity contribution is 0.125. The highest BCUT2D eigenvalue weighted by atomic mass is 19.2. The highest BCUT2D eigenvalue weighted by Crippen LogP contribution is 2.16. The topological polar surface area (TPSA) is 3.01 Å². The molecule has 0 N–H and O–H groups in total. The van der Waals surface area contributed by atoms with E-state index in [1.54, 1.807) is 0 Å². The molecule has 30 valence electrons. The minimum absolute atomic E-state index is 0.0278. The molecule has 1 rings (SSSR count). The highest BCUT2D eigenvalue weighted by molar-refractivity contribution is 4.67. The lowest BCUT2D eigenvalue weighted by atomic mass is 10.9. The maximum Gasteiger partial charge on any atom is 0.195 e. The number of nitrogens with zero attached hydrogens (tertiary/aromatic N) is 1. The summed E-state index contributed by atoms with van der Waals surface area (Å²) < 4.78 is 22.0. The van der Waals surface area contributed by atoms with Crippen molar-refractivity contribution in [3.05, 3.63) is 0 Å². The summed E-state index contributed by atoms with van der Waals surface area (Å²) in [5, 5.41) is 0.125. The fraction of sp³-hybridized carbons (Fsp3) is 1.00. The molecule has 0 saturated carbocycles. The summed E-state index contributed by atoms with van der Waals surface area (Å²) >= 11 is 0. The molecule has 0 bridgehead atoms. The number of rotatable bonds is 0. The van der Waals surface area contributed by atoms with Gasteiger partial charge in [0, 0.05) is 0 Å². The Morgan fingerprint density at radius 2 is 2.00 bits per heavy atom. The summed E-state index contributed by atoms with van der Waals surface area (Å²) in [7, 11) is 0. The predicted molar refractivity (Wildman–Crippen MR) is 12.7 cm³/mol. The first-order valence-electron chi connectivity index (χ1n) is 1.37. The summed E-state index contributed by atoms with van der Waals surface area (Å²) in [6.45, 7) is -0.0278. The summed E-state index contributed by atoms with van der Waals surface area (Å²) in [5.41, 5.74) is 0. The van der Waals surface area contributed by atoms with Crippen LogP contribution >= 0.6 is 0 Å². The molecule has 0 spiro atoms. The van der Waals surface area contributed by atoms with Crippen molar-refractivity contribution in [1.82, 2.24) is 5.12 Å². The molecular weight excluding hydrogens is 76.0 g/mol. The maximum absolute atomic E-state index is 11.1. The van der Waals surface area contributed by atoms with Crippen molar-refractivity contribution in [2.24, 2.45) is 0 Å². The van der Waals surface area contributed by atoms with E-state index in [4.69, 9.17) is 0 Å². The van der Waals surface area contributed by atoms with E-state index in [0.717, 1.165) is 0 Å². The van der Waals surface area contributed by atoms with Crippen LogP contribution in [-0.4, -0.2) is 18.0 Å². The fourth-order valence-corrected chi connectivity index (χ4v) is 0.0968. The summed E-state index contributed by atoms with van der Waals surface area (Å²) in [4.78, 5) is 0. The van der Waals surface area contributed by atoms with Gasteiger partial charge in [0.25, 0.3) is 0 Å². The second-order valence-corrected chi connectivity index (χ2v) is 1.02. The van der Waals surface area contributed by atoms with Gasteiger partial charge in [-0.1, -0.05) is 0 Å². The molecule has 0 aromatic carbocycles. The van der Waals surface area contributed by atoms with Gasteiger partial charge in [-0.2, -0.15) is 0 Å². The van der Waals surface area contributed by atoms with Gasteiger partial charge >= 0.3 is 0 Å². The van der Waals surface area contributed by atoms with E-state index in [1.807, 2.05) is 0 Å². The SMILES string of the molecule is FC1CN1F. The molecule has 2 unspecified atom stereocenters. The lowest BCUT2D eigenvalue weighted by Crippen LogP contribution is -1.73. The summed E-state index contributed by atoms with van der Waals surface area (Å²) in [6.07, 6.45) is -1.28. The predicted octanol–water partition coefficient (Wildman–Crippen LogP) is 0.482. The standard InChI is InChI=1S/C2H3F2N/c3-2-1-5(2)4/h2H,1H2. The van der Waals surface area contributed by atoms with E-state index in [-0.39, 0.29) is 11.7 Å². The van der Waals surface area contributed by atoms with E-state index in [0.29, 0.717) is 0 Å². The van der Waals surface area contributed by atoms with Gasteiger partial charge in [0.15, 0.2) is 6.30 Å². The van der Waals surface area contributed by atoms with Crippen LogP contribution in [0.15, 0.2) is 0 Å². The minimum atomic E-state index is -1.28. The van der Waals surface area contributed by atoms with Crippen molar-refractivity contribution in [3.8, 4) is 0 Å². The number of halogens is 2. The number of alkyl halides is 1. The van der Waals surface area contributed by atoms with Gasteiger partial charge in [0.2, 0.25) is 0 Å². The quantitative estimate of drug-likeness (QED) is 0.232. The largest absolute Gasteiger partial charge is 0.226 e. The van der Waals surface area contributed by atoms with Crippen molar-refractivity contribution in [1.29, 1.82) is 0 Å². The molecule has 1 heterocycles. The zero-order chi connectivity index (χ0) is 3.86. The first kappa shape index (κ1) is 3.03. The maximum atomic E-state index is 11.1. The van der Waals surface area contributed by atoms with Crippen LogP contribution in [0.3, 0.4) is 0 Å². The number of hydrogen-bond donors (Lipinski definition) is 0. The molecule has 2 atom stereocenters. The Hall–Kier alpha value is -0.180. The summed E-state index contributed by atoms with van der Waals surface area (Å²) in [5.74, 6) is 0. The Morgan fingerprint density at radius 3 is 2.00 bits per heavy atom. The van der Waals surface area contributed by atoms with Crippen LogP contribution in [0.2, 0.25) is 0 Å². The average Bonchev–Trinajstić information content (AvgIpc) is 1.79. The van der Waals surface area contributed by atoms with E-state index >= 15 is 0 Å². The Morgan fingerprint density at radius 1 is 1.80 bits per heavy atom. The second kappa shape index (κ2) is 0.653. The lowest BCUT2D eigenvalue weighted by Gasteiger charge is -1.65. The molecular formula is C2H3F2N. The highest BCUT2D eigenvalue weighted by Gasteiger charge is 2.34. The van der Waals surface area contributed by atoms with Crippen molar-refractivity contribution in [3.63, 3.8) is 0 Å². The van der Waals surface area contributed by atoms with Crippen molar-refractivity contribution >= 4 is 0 Å². The van der Waals surface area contributed by atoms with Gasteiger partial charge in [-0.3, -0.25) is 0 Å². The summed E-state index contributed by atoms with van der Waals surface area (Å²) in [6, 6.07) is 0. The Balaban J connectivity index is 2.20. The normalized spacial score (nSPS) is 49.2. The molecule has 1 saturated heterocycles. The third-order valence-corrected chi connectivity index (χ3v) is 0.495. The average molecular weight is 79.0 g/mol. The van der Waals surface area contributed by atoms with Gasteiger partial charge in [-0.25, -0.2) is 4.39 Å². The first-order valence-corrected chi connectivity index (χ1v) is 1.37. The molecule has 0 amide bonds.